The van der Waals surface area contributed by atoms with Crippen LogP contribution in [0.5, 0.6) is 0 Å². The highest BCUT2D eigenvalue weighted by atomic mass is 16.8. The van der Waals surface area contributed by atoms with E-state index in [-0.39, 0.29) is 50.5 Å². The fourth-order valence-electron chi connectivity index (χ4n) is 15.4. The number of fused-ring (bicyclic) bond motifs is 5. The van der Waals surface area contributed by atoms with Gasteiger partial charge in [-0.3, -0.25) is 0 Å². The fourth-order valence-corrected chi connectivity index (χ4v) is 15.4. The minimum atomic E-state index is -1.87. The van der Waals surface area contributed by atoms with E-state index in [9.17, 15) is 40.5 Å². The summed E-state index contributed by atoms with van der Waals surface area (Å²) >= 11 is 0. The molecular formula is C55H86O20. The van der Waals surface area contributed by atoms with E-state index < -0.39 is 156 Å². The molecule has 27 atom stereocenters. The Labute approximate surface area is 440 Å². The summed E-state index contributed by atoms with van der Waals surface area (Å²) in [5.74, 6) is -1.01. The van der Waals surface area contributed by atoms with E-state index in [0.29, 0.717) is 37.7 Å². The van der Waals surface area contributed by atoms with E-state index in [1.165, 1.54) is 14.0 Å². The van der Waals surface area contributed by atoms with Crippen molar-refractivity contribution in [2.75, 3.05) is 21.3 Å². The molecule has 8 fully saturated rings. The predicted molar refractivity (Wildman–Crippen MR) is 263 cm³/mol. The number of benzene rings is 1. The topological polar surface area (TPSA) is 269 Å². The van der Waals surface area contributed by atoms with E-state index in [0.717, 1.165) is 0 Å². The van der Waals surface area contributed by atoms with Gasteiger partial charge in [-0.25, -0.2) is 4.79 Å². The van der Waals surface area contributed by atoms with Crippen molar-refractivity contribution < 1.29 is 97.4 Å². The van der Waals surface area contributed by atoms with Gasteiger partial charge in [0.05, 0.1) is 71.5 Å². The number of rotatable bonds is 14. The van der Waals surface area contributed by atoms with Crippen molar-refractivity contribution in [2.45, 2.75) is 259 Å². The molecular weight excluding hydrogens is 981 g/mol. The molecule has 0 spiro atoms. The lowest BCUT2D eigenvalue weighted by molar-refractivity contribution is -0.355. The zero-order valence-corrected chi connectivity index (χ0v) is 45.3. The maximum absolute atomic E-state index is 13.8. The lowest BCUT2D eigenvalue weighted by Gasteiger charge is -2.69. The van der Waals surface area contributed by atoms with Crippen LogP contribution >= 0.6 is 0 Å². The van der Waals surface area contributed by atoms with E-state index in [4.69, 9.17) is 56.8 Å². The average Bonchev–Trinajstić information content (AvgIpc) is 3.62. The highest BCUT2D eigenvalue weighted by Gasteiger charge is 2.81. The molecule has 4 aliphatic carbocycles. The number of hydrogen-bond donors (Lipinski definition) is 7. The van der Waals surface area contributed by atoms with Gasteiger partial charge in [0, 0.05) is 40.6 Å². The number of aliphatic hydroxyl groups is 7. The third-order valence-electron chi connectivity index (χ3n) is 19.9. The molecule has 9 rings (SSSR count). The van der Waals surface area contributed by atoms with Crippen molar-refractivity contribution in [1.82, 2.24) is 0 Å². The first-order valence-electron chi connectivity index (χ1n) is 27.4. The van der Waals surface area contributed by atoms with E-state index in [1.807, 2.05) is 6.92 Å². The largest absolute Gasteiger partial charge is 0.458 e. The number of ether oxygens (including phenoxy) is 12. The molecule has 8 aliphatic rings. The summed E-state index contributed by atoms with van der Waals surface area (Å²) in [5, 5.41) is 82.2. The first-order chi connectivity index (χ1) is 35.5. The van der Waals surface area contributed by atoms with E-state index in [1.54, 1.807) is 72.2 Å². The zero-order chi connectivity index (χ0) is 54.2. The molecule has 4 saturated heterocycles. The normalized spacial score (nSPS) is 51.5. The van der Waals surface area contributed by atoms with Crippen LogP contribution in [0, 0.1) is 22.7 Å². The summed E-state index contributed by atoms with van der Waals surface area (Å²) in [5.41, 5.74) is -7.07. The first kappa shape index (κ1) is 57.6. The van der Waals surface area contributed by atoms with Crippen LogP contribution in [0.15, 0.2) is 30.3 Å². The molecule has 20 heteroatoms. The minimum Gasteiger partial charge on any atom is -0.458 e. The molecule has 0 bridgehead atoms. The second-order valence-electron chi connectivity index (χ2n) is 23.7. The van der Waals surface area contributed by atoms with Gasteiger partial charge in [0.25, 0.3) is 0 Å². The van der Waals surface area contributed by atoms with Gasteiger partial charge in [-0.15, -0.1) is 0 Å². The fraction of sp³-hybridized carbons (Fsp3) is 0.873. The molecule has 1 aromatic rings. The minimum absolute atomic E-state index is 0.0290. The van der Waals surface area contributed by atoms with Crippen LogP contribution in [0.4, 0.5) is 0 Å². The average molecular weight is 1070 g/mol. The number of aliphatic hydroxyl groups excluding tert-OH is 4. The molecule has 426 valence electrons. The molecule has 4 aliphatic heterocycles. The molecule has 0 unspecified atom stereocenters. The van der Waals surface area contributed by atoms with E-state index in [2.05, 4.69) is 6.92 Å². The molecule has 1 aromatic carbocycles. The van der Waals surface area contributed by atoms with Gasteiger partial charge < -0.3 is 92.6 Å². The maximum Gasteiger partial charge on any atom is 0.338 e. The Hall–Kier alpha value is -2.03. The van der Waals surface area contributed by atoms with Crippen molar-refractivity contribution >= 4 is 5.97 Å². The summed E-state index contributed by atoms with van der Waals surface area (Å²) in [6, 6.07) is 8.59. The van der Waals surface area contributed by atoms with Crippen molar-refractivity contribution in [3.63, 3.8) is 0 Å². The van der Waals surface area contributed by atoms with Gasteiger partial charge in [0.1, 0.15) is 53.9 Å². The molecule has 0 amide bonds. The summed E-state index contributed by atoms with van der Waals surface area (Å²) in [6.45, 7) is 12.5. The smallest absolute Gasteiger partial charge is 0.338 e. The highest BCUT2D eigenvalue weighted by molar-refractivity contribution is 5.89. The van der Waals surface area contributed by atoms with Gasteiger partial charge in [0.15, 0.2) is 25.2 Å². The third-order valence-corrected chi connectivity index (χ3v) is 19.9. The van der Waals surface area contributed by atoms with Crippen molar-refractivity contribution in [1.29, 1.82) is 0 Å². The Morgan fingerprint density at radius 2 is 1.23 bits per heavy atom. The van der Waals surface area contributed by atoms with E-state index >= 15 is 0 Å². The second kappa shape index (κ2) is 22.1. The van der Waals surface area contributed by atoms with Gasteiger partial charge >= 0.3 is 5.97 Å². The van der Waals surface area contributed by atoms with Crippen molar-refractivity contribution in [2.24, 2.45) is 22.7 Å². The zero-order valence-electron chi connectivity index (χ0n) is 45.3. The van der Waals surface area contributed by atoms with Crippen LogP contribution < -0.4 is 0 Å². The summed E-state index contributed by atoms with van der Waals surface area (Å²) in [6.07, 6.45) is -11.4. The van der Waals surface area contributed by atoms with Gasteiger partial charge in [-0.1, -0.05) is 32.0 Å². The Bertz CT molecular complexity index is 2080. The molecule has 20 nitrogen and oxygen atoms in total. The number of carbonyl (C=O) groups excluding carboxylic acids is 1. The molecule has 0 radical (unpaired) electrons. The summed E-state index contributed by atoms with van der Waals surface area (Å²) in [4.78, 5) is 13.8. The molecule has 0 aromatic heterocycles. The lowest BCUT2D eigenvalue weighted by atomic mass is 9.40. The van der Waals surface area contributed by atoms with Crippen molar-refractivity contribution in [3.05, 3.63) is 35.9 Å². The van der Waals surface area contributed by atoms with Crippen LogP contribution in [0.25, 0.3) is 0 Å². The Balaban J connectivity index is 0.792. The van der Waals surface area contributed by atoms with Crippen LogP contribution in [-0.2, 0) is 56.8 Å². The Morgan fingerprint density at radius 3 is 1.83 bits per heavy atom. The van der Waals surface area contributed by atoms with Crippen LogP contribution in [0.1, 0.15) is 129 Å². The number of esters is 1. The second-order valence-corrected chi connectivity index (χ2v) is 23.7. The van der Waals surface area contributed by atoms with Crippen LogP contribution in [0.2, 0.25) is 0 Å². The quantitative estimate of drug-likeness (QED) is 0.104. The van der Waals surface area contributed by atoms with Crippen molar-refractivity contribution in [3.8, 4) is 0 Å². The molecule has 4 heterocycles. The molecule has 4 saturated carbocycles. The molecule has 75 heavy (non-hydrogen) atoms. The van der Waals surface area contributed by atoms with Crippen LogP contribution in [0.3, 0.4) is 0 Å². The van der Waals surface area contributed by atoms with Crippen LogP contribution in [-0.4, -0.2) is 203 Å². The first-order valence-corrected chi connectivity index (χ1v) is 27.4. The third kappa shape index (κ3) is 9.97. The number of carbonyl (C=O) groups is 1. The van der Waals surface area contributed by atoms with Gasteiger partial charge in [0.2, 0.25) is 0 Å². The summed E-state index contributed by atoms with van der Waals surface area (Å²) in [7, 11) is 4.57. The number of hydrogen-bond acceptors (Lipinski definition) is 20. The summed E-state index contributed by atoms with van der Waals surface area (Å²) < 4.78 is 74.3. The Kier molecular flexibility index (Phi) is 17.0. The highest BCUT2D eigenvalue weighted by Crippen LogP contribution is 2.72. The monoisotopic (exact) mass is 1070 g/mol. The number of methoxy groups -OCH3 is 3. The van der Waals surface area contributed by atoms with Gasteiger partial charge in [-0.2, -0.15) is 0 Å². The Morgan fingerprint density at radius 1 is 0.640 bits per heavy atom. The standard InChI is InChI=1S/C55H86O20/c1-27-43(58)48(66-10)44(59)50(70-27)75-47-30(4)69-42(25-37(47)65-9)73-45-28(2)67-40(23-35(45)57)74-46-29(3)68-41(24-36(46)64-8)71-34-17-18-51(6)33(22-34)16-19-54(62)38(51)26-39(72-49(60)32-14-12-11-13-15-32)52(7)53(61,31(5)56)20-21-55(52,54)63/h11-15,27-31,33-48,50,56-59,61-63H,16-26H2,1-10H3/t27-,28-,29-,30-,31+,33+,34+,35+,36+,37-,38-,39-,40+,41+,42+,43-,44-,45-,46-,47-,48+,50+,51+,52-,53-,54+,55-/m1/s1. The predicted octanol–water partition coefficient (Wildman–Crippen LogP) is 3.02. The maximum atomic E-state index is 13.8. The van der Waals surface area contributed by atoms with Gasteiger partial charge in [-0.05, 0) is 115 Å². The SMILES string of the molecule is CO[C@@H]1[C@@H](O)[C@H](O[C@@H]2[C@@H](C)O[C@@H](O[C@H]3[C@@H](O)C[C@H](O[C@H]4[C@@H](OC)C[C@H](O[C@H]5CC[C@@]6(C)[C@@H](CC[C@]7(O)[C@@H]6C[C@@H](OC(=O)c6ccccc6)[C@@]6(C)[C@]7(O)CC[C@@]6(O)[C@H](C)O)C5)O[C@@H]4C)O[C@@H]3C)C[C@H]2OC)O[C@H](C)[C@H]1O. The lowest BCUT2D eigenvalue weighted by Crippen LogP contribution is -2.79. The molecule has 7 N–H and O–H groups in total.